The molecule has 2 aromatic rings. The Balaban J connectivity index is 2.66. The maximum atomic E-state index is 6.23. The normalized spacial score (nSPS) is 10.6. The number of thioether (sulfide) groups is 1. The predicted molar refractivity (Wildman–Crippen MR) is 90.2 cm³/mol. The van der Waals surface area contributed by atoms with Crippen molar-refractivity contribution in [2.24, 2.45) is 5.84 Å². The number of benzene rings is 2. The van der Waals surface area contributed by atoms with Crippen LogP contribution in [0.25, 0.3) is 11.1 Å². The number of rotatable bonds is 4. The molecule has 0 bridgehead atoms. The van der Waals surface area contributed by atoms with Crippen LogP contribution in [0.1, 0.15) is 12.5 Å². The van der Waals surface area contributed by atoms with Gasteiger partial charge in [0.1, 0.15) is 0 Å². The summed E-state index contributed by atoms with van der Waals surface area (Å²) in [5, 5.41) is 0.698. The highest BCUT2D eigenvalue weighted by molar-refractivity contribution is 7.99. The van der Waals surface area contributed by atoms with Gasteiger partial charge in [0, 0.05) is 26.9 Å². The van der Waals surface area contributed by atoms with Crippen molar-refractivity contribution in [2.75, 3.05) is 16.9 Å². The Bertz CT molecular complexity index is 629. The van der Waals surface area contributed by atoms with E-state index in [-0.39, 0.29) is 0 Å². The maximum absolute atomic E-state index is 6.23. The summed E-state index contributed by atoms with van der Waals surface area (Å²) < 4.78 is 0. The largest absolute Gasteiger partial charge is 0.398 e. The van der Waals surface area contributed by atoms with Crippen molar-refractivity contribution in [3.63, 3.8) is 0 Å². The van der Waals surface area contributed by atoms with Crippen LogP contribution in [0.15, 0.2) is 35.2 Å². The number of nitrogens with one attached hydrogen (secondary N) is 1. The molecule has 0 aliphatic carbocycles. The van der Waals surface area contributed by atoms with Crippen molar-refractivity contribution in [1.82, 2.24) is 0 Å². The fourth-order valence-corrected chi connectivity index (χ4v) is 3.07. The van der Waals surface area contributed by atoms with Crippen LogP contribution in [0, 0.1) is 6.92 Å². The molecule has 2 aromatic carbocycles. The van der Waals surface area contributed by atoms with Crippen LogP contribution in [0.4, 0.5) is 11.4 Å². The van der Waals surface area contributed by atoms with Crippen molar-refractivity contribution in [1.29, 1.82) is 0 Å². The van der Waals surface area contributed by atoms with E-state index >= 15 is 0 Å². The second kappa shape index (κ2) is 6.39. The SMILES string of the molecule is CCSc1ccc(Cl)cc1-c1cc(NN)cc(C)c1N. The Kier molecular flexibility index (Phi) is 4.81. The molecule has 0 aliphatic rings. The molecule has 0 saturated carbocycles. The Morgan fingerprint density at radius 2 is 1.95 bits per heavy atom. The minimum atomic E-state index is 0.698. The molecule has 0 atom stereocenters. The molecule has 0 aromatic heterocycles. The van der Waals surface area contributed by atoms with Crippen LogP contribution in [0.3, 0.4) is 0 Å². The first-order valence-corrected chi connectivity index (χ1v) is 7.72. The van der Waals surface area contributed by atoms with Crippen molar-refractivity contribution in [2.45, 2.75) is 18.7 Å². The topological polar surface area (TPSA) is 64.1 Å². The highest BCUT2D eigenvalue weighted by Gasteiger charge is 2.12. The molecule has 0 heterocycles. The molecule has 0 unspecified atom stereocenters. The second-order valence-corrected chi connectivity index (χ2v) is 6.21. The molecule has 0 fully saturated rings. The summed E-state index contributed by atoms with van der Waals surface area (Å²) in [6, 6.07) is 9.76. The fraction of sp³-hybridized carbons (Fsp3) is 0.200. The summed E-state index contributed by atoms with van der Waals surface area (Å²) >= 11 is 7.91. The van der Waals surface area contributed by atoms with Gasteiger partial charge < -0.3 is 11.2 Å². The molecule has 2 rings (SSSR count). The average molecular weight is 308 g/mol. The zero-order chi connectivity index (χ0) is 14.7. The summed E-state index contributed by atoms with van der Waals surface area (Å²) in [7, 11) is 0. The van der Waals surface area contributed by atoms with Crippen LogP contribution >= 0.6 is 23.4 Å². The third-order valence-corrected chi connectivity index (χ3v) is 4.28. The van der Waals surface area contributed by atoms with Gasteiger partial charge in [0.25, 0.3) is 0 Å². The number of halogens is 1. The van der Waals surface area contributed by atoms with Gasteiger partial charge in [0.05, 0.1) is 0 Å². The van der Waals surface area contributed by atoms with E-state index in [1.54, 1.807) is 11.8 Å². The number of anilines is 2. The molecule has 5 N–H and O–H groups in total. The average Bonchev–Trinajstić information content (AvgIpc) is 2.44. The standard InChI is InChI=1S/C15H18ClN3S/c1-3-20-14-5-4-10(16)7-12(14)13-8-11(19-18)6-9(2)15(13)17/h4-8,19H,3,17-18H2,1-2H3. The van der Waals surface area contributed by atoms with Gasteiger partial charge in [0.2, 0.25) is 0 Å². The monoisotopic (exact) mass is 307 g/mol. The summed E-state index contributed by atoms with van der Waals surface area (Å²) in [6.45, 7) is 4.09. The van der Waals surface area contributed by atoms with Crippen LogP contribution in [-0.4, -0.2) is 5.75 Å². The van der Waals surface area contributed by atoms with Crippen molar-refractivity contribution >= 4 is 34.7 Å². The molecule has 20 heavy (non-hydrogen) atoms. The highest BCUT2D eigenvalue weighted by Crippen LogP contribution is 2.38. The zero-order valence-electron chi connectivity index (χ0n) is 11.5. The molecule has 0 saturated heterocycles. The predicted octanol–water partition coefficient (Wildman–Crippen LogP) is 4.30. The second-order valence-electron chi connectivity index (χ2n) is 4.47. The first kappa shape index (κ1) is 15.0. The van der Waals surface area contributed by atoms with Gasteiger partial charge >= 0.3 is 0 Å². The van der Waals surface area contributed by atoms with Gasteiger partial charge in [0.15, 0.2) is 0 Å². The molecule has 3 nitrogen and oxygen atoms in total. The Hall–Kier alpha value is -1.36. The van der Waals surface area contributed by atoms with Gasteiger partial charge in [-0.15, -0.1) is 11.8 Å². The summed E-state index contributed by atoms with van der Waals surface area (Å²) in [6.07, 6.45) is 0. The van der Waals surface area contributed by atoms with Gasteiger partial charge in [-0.25, -0.2) is 0 Å². The molecular formula is C15H18ClN3S. The van der Waals surface area contributed by atoms with Gasteiger partial charge in [-0.1, -0.05) is 18.5 Å². The van der Waals surface area contributed by atoms with Crippen LogP contribution in [0.5, 0.6) is 0 Å². The number of hydrogen-bond acceptors (Lipinski definition) is 4. The minimum Gasteiger partial charge on any atom is -0.398 e. The molecular weight excluding hydrogens is 290 g/mol. The minimum absolute atomic E-state index is 0.698. The number of hydrazine groups is 1. The Labute approximate surface area is 128 Å². The molecule has 0 aliphatic heterocycles. The fourth-order valence-electron chi connectivity index (χ4n) is 2.10. The molecule has 0 radical (unpaired) electrons. The number of hydrogen-bond donors (Lipinski definition) is 3. The zero-order valence-corrected chi connectivity index (χ0v) is 13.1. The van der Waals surface area contributed by atoms with E-state index in [1.807, 2.05) is 37.3 Å². The summed E-state index contributed by atoms with van der Waals surface area (Å²) in [5.41, 5.74) is 13.5. The summed E-state index contributed by atoms with van der Waals surface area (Å²) in [5.74, 6) is 6.51. The first-order valence-electron chi connectivity index (χ1n) is 6.36. The van der Waals surface area contributed by atoms with E-state index in [9.17, 15) is 0 Å². The van der Waals surface area contributed by atoms with E-state index in [1.165, 1.54) is 0 Å². The van der Waals surface area contributed by atoms with E-state index in [4.69, 9.17) is 23.2 Å². The van der Waals surface area contributed by atoms with E-state index < -0.39 is 0 Å². The first-order chi connectivity index (χ1) is 9.56. The Morgan fingerprint density at radius 3 is 2.60 bits per heavy atom. The molecule has 106 valence electrons. The lowest BCUT2D eigenvalue weighted by molar-refractivity contribution is 1.33. The van der Waals surface area contributed by atoms with E-state index in [0.29, 0.717) is 5.02 Å². The van der Waals surface area contributed by atoms with E-state index in [2.05, 4.69) is 12.3 Å². The Morgan fingerprint density at radius 1 is 1.20 bits per heavy atom. The third-order valence-electron chi connectivity index (χ3n) is 3.09. The van der Waals surface area contributed by atoms with Gasteiger partial charge in [-0.3, -0.25) is 5.84 Å². The lowest BCUT2D eigenvalue weighted by Gasteiger charge is -2.15. The van der Waals surface area contributed by atoms with E-state index in [0.717, 1.165) is 38.7 Å². The lowest BCUT2D eigenvalue weighted by Crippen LogP contribution is -2.08. The summed E-state index contributed by atoms with van der Waals surface area (Å²) in [4.78, 5) is 1.16. The van der Waals surface area contributed by atoms with Crippen LogP contribution in [0.2, 0.25) is 5.02 Å². The van der Waals surface area contributed by atoms with Gasteiger partial charge in [-0.2, -0.15) is 0 Å². The highest BCUT2D eigenvalue weighted by atomic mass is 35.5. The lowest BCUT2D eigenvalue weighted by atomic mass is 10.00. The van der Waals surface area contributed by atoms with Crippen LogP contribution < -0.4 is 17.0 Å². The molecule has 0 amide bonds. The quantitative estimate of drug-likeness (QED) is 0.341. The maximum Gasteiger partial charge on any atom is 0.0495 e. The molecule has 5 heteroatoms. The van der Waals surface area contributed by atoms with Crippen LogP contribution in [-0.2, 0) is 0 Å². The molecule has 0 spiro atoms. The number of nitrogens with two attached hydrogens (primary N) is 2. The van der Waals surface area contributed by atoms with Gasteiger partial charge in [-0.05, 0) is 54.1 Å². The van der Waals surface area contributed by atoms with Crippen molar-refractivity contribution in [3.05, 3.63) is 40.9 Å². The number of nitrogen functional groups attached to an aromatic ring is 2. The third kappa shape index (κ3) is 3.03. The number of aryl methyl sites for hydroxylation is 1. The van der Waals surface area contributed by atoms with Crippen molar-refractivity contribution < 1.29 is 0 Å². The smallest absolute Gasteiger partial charge is 0.0495 e. The van der Waals surface area contributed by atoms with Crippen molar-refractivity contribution in [3.8, 4) is 11.1 Å².